The molecule has 0 aliphatic carbocycles. The summed E-state index contributed by atoms with van der Waals surface area (Å²) >= 11 is 0. The number of allylic oxidation sites excluding steroid dienone is 6. The van der Waals surface area contributed by atoms with Gasteiger partial charge in [0.2, 0.25) is 0 Å². The van der Waals surface area contributed by atoms with Gasteiger partial charge in [-0.2, -0.15) is 0 Å². The quantitative estimate of drug-likeness (QED) is 0.0275. The van der Waals surface area contributed by atoms with Crippen LogP contribution in [0.25, 0.3) is 0 Å². The van der Waals surface area contributed by atoms with Crippen LogP contribution in [0.1, 0.15) is 181 Å². The molecule has 0 bridgehead atoms. The highest BCUT2D eigenvalue weighted by atomic mass is 16.7. The highest BCUT2D eigenvalue weighted by Gasteiger charge is 2.44. The lowest BCUT2D eigenvalue weighted by Crippen LogP contribution is -2.59. The molecule has 55 heavy (non-hydrogen) atoms. The van der Waals surface area contributed by atoms with Crippen molar-refractivity contribution in [3.05, 3.63) is 36.5 Å². The van der Waals surface area contributed by atoms with E-state index >= 15 is 0 Å². The van der Waals surface area contributed by atoms with Crippen molar-refractivity contribution in [1.82, 2.24) is 0 Å². The first-order chi connectivity index (χ1) is 26.8. The molecule has 320 valence electrons. The van der Waals surface area contributed by atoms with Crippen molar-refractivity contribution < 1.29 is 49.0 Å². The molecular weight excluding hydrogens is 700 g/mol. The van der Waals surface area contributed by atoms with Gasteiger partial charge in [0.25, 0.3) is 0 Å². The van der Waals surface area contributed by atoms with Crippen LogP contribution in [0, 0.1) is 0 Å². The Morgan fingerprint density at radius 2 is 1.07 bits per heavy atom. The first kappa shape index (κ1) is 50.9. The molecule has 0 amide bonds. The predicted octanol–water partition coefficient (Wildman–Crippen LogP) is 9.11. The Kier molecular flexibility index (Phi) is 33.6. The molecule has 0 aromatic rings. The average molecular weight is 781 g/mol. The Morgan fingerprint density at radius 1 is 0.582 bits per heavy atom. The molecule has 10 nitrogen and oxygen atoms in total. The third kappa shape index (κ3) is 28.0. The number of unbranched alkanes of at least 4 members (excludes halogenated alkanes) is 19. The fraction of sp³-hybridized carbons (Fsp3) is 0.822. The number of hydrogen-bond donors (Lipinski definition) is 4. The zero-order chi connectivity index (χ0) is 40.2. The van der Waals surface area contributed by atoms with Gasteiger partial charge in [0.05, 0.1) is 13.2 Å². The maximum absolute atomic E-state index is 12.8. The smallest absolute Gasteiger partial charge is 0.306 e. The Bertz CT molecular complexity index is 996. The summed E-state index contributed by atoms with van der Waals surface area (Å²) in [7, 11) is 0. The number of ether oxygens (including phenoxy) is 4. The zero-order valence-electron chi connectivity index (χ0n) is 34.7. The molecule has 0 saturated carbocycles. The summed E-state index contributed by atoms with van der Waals surface area (Å²) < 4.78 is 22.1. The summed E-state index contributed by atoms with van der Waals surface area (Å²) in [6.45, 7) is 3.30. The van der Waals surface area contributed by atoms with E-state index in [0.717, 1.165) is 70.6 Å². The summed E-state index contributed by atoms with van der Waals surface area (Å²) in [6, 6.07) is 0. The van der Waals surface area contributed by atoms with Crippen molar-refractivity contribution in [3.63, 3.8) is 0 Å². The van der Waals surface area contributed by atoms with E-state index < -0.39 is 55.4 Å². The first-order valence-electron chi connectivity index (χ1n) is 22.1. The van der Waals surface area contributed by atoms with Crippen LogP contribution in [0.15, 0.2) is 36.5 Å². The molecule has 10 heteroatoms. The van der Waals surface area contributed by atoms with Crippen molar-refractivity contribution in [2.24, 2.45) is 0 Å². The maximum atomic E-state index is 12.8. The molecule has 0 radical (unpaired) electrons. The number of rotatable bonds is 36. The highest BCUT2D eigenvalue weighted by Crippen LogP contribution is 2.22. The van der Waals surface area contributed by atoms with Crippen molar-refractivity contribution >= 4 is 11.9 Å². The van der Waals surface area contributed by atoms with E-state index in [1.807, 2.05) is 0 Å². The van der Waals surface area contributed by atoms with Crippen molar-refractivity contribution in [2.75, 3.05) is 19.8 Å². The standard InChI is InChI=1S/C45H80O10/c1-3-5-7-9-11-13-15-17-19-21-23-25-27-29-31-33-40(47)52-36-38(37-53-45-44(51)43(50)42(49)39(35-46)55-45)54-41(48)34-32-30-28-26-24-22-20-18-16-14-12-10-8-6-4-2/h5,7,11,13,17,19,38-39,42-46,49-51H,3-4,6,8-10,12,14-16,18,20-37H2,1-2H3/b7-5-,13-11-,19-17-/t38?,39-,42+,43+,44-,45-/m1/s1. The monoisotopic (exact) mass is 781 g/mol. The van der Waals surface area contributed by atoms with Crippen LogP contribution in [0.4, 0.5) is 0 Å². The van der Waals surface area contributed by atoms with Gasteiger partial charge in [-0.1, -0.05) is 159 Å². The zero-order valence-corrected chi connectivity index (χ0v) is 34.7. The number of carbonyl (C=O) groups is 2. The summed E-state index contributed by atoms with van der Waals surface area (Å²) in [6.07, 6.45) is 32.9. The SMILES string of the molecule is CC/C=C\C/C=C\C/C=C\CCCCCCCC(=O)OCC(CO[C@@H]1O[C@H](CO)[C@H](O)[C@H](O)[C@H]1O)OC(=O)CCCCCCCCCCCCCCCCC. The van der Waals surface area contributed by atoms with Crippen LogP contribution in [0.5, 0.6) is 0 Å². The molecule has 0 spiro atoms. The lowest BCUT2D eigenvalue weighted by Gasteiger charge is -2.39. The van der Waals surface area contributed by atoms with E-state index in [4.69, 9.17) is 18.9 Å². The molecule has 1 aliphatic heterocycles. The maximum Gasteiger partial charge on any atom is 0.306 e. The van der Waals surface area contributed by atoms with Crippen LogP contribution < -0.4 is 0 Å². The summed E-state index contributed by atoms with van der Waals surface area (Å²) in [5.41, 5.74) is 0. The van der Waals surface area contributed by atoms with E-state index in [1.165, 1.54) is 70.6 Å². The van der Waals surface area contributed by atoms with E-state index in [9.17, 15) is 30.0 Å². The van der Waals surface area contributed by atoms with E-state index in [2.05, 4.69) is 50.3 Å². The van der Waals surface area contributed by atoms with Gasteiger partial charge < -0.3 is 39.4 Å². The van der Waals surface area contributed by atoms with Gasteiger partial charge in [0.15, 0.2) is 12.4 Å². The fourth-order valence-electron chi connectivity index (χ4n) is 6.56. The number of hydrogen-bond acceptors (Lipinski definition) is 10. The second kappa shape index (κ2) is 36.3. The Hall–Kier alpha value is -2.08. The minimum atomic E-state index is -1.60. The molecule has 4 N–H and O–H groups in total. The second-order valence-electron chi connectivity index (χ2n) is 15.1. The van der Waals surface area contributed by atoms with Crippen LogP contribution >= 0.6 is 0 Å². The van der Waals surface area contributed by atoms with Crippen molar-refractivity contribution in [1.29, 1.82) is 0 Å². The topological polar surface area (TPSA) is 152 Å². The molecule has 1 rings (SSSR count). The Labute approximate surface area is 334 Å². The Balaban J connectivity index is 2.34. The summed E-state index contributed by atoms with van der Waals surface area (Å²) in [4.78, 5) is 25.3. The van der Waals surface area contributed by atoms with Crippen LogP contribution in [0.2, 0.25) is 0 Å². The van der Waals surface area contributed by atoms with Gasteiger partial charge in [-0.25, -0.2) is 0 Å². The lowest BCUT2D eigenvalue weighted by atomic mass is 9.99. The first-order valence-corrected chi connectivity index (χ1v) is 22.1. The number of esters is 2. The van der Waals surface area contributed by atoms with Gasteiger partial charge in [-0.3, -0.25) is 9.59 Å². The number of aliphatic hydroxyl groups is 4. The molecule has 0 aromatic carbocycles. The average Bonchev–Trinajstić information content (AvgIpc) is 3.18. The molecular formula is C45H80O10. The van der Waals surface area contributed by atoms with E-state index in [0.29, 0.717) is 12.8 Å². The van der Waals surface area contributed by atoms with Gasteiger partial charge in [-0.15, -0.1) is 0 Å². The molecule has 6 atom stereocenters. The van der Waals surface area contributed by atoms with Crippen molar-refractivity contribution in [2.45, 2.75) is 218 Å². The van der Waals surface area contributed by atoms with Crippen molar-refractivity contribution in [3.8, 4) is 0 Å². The third-order valence-electron chi connectivity index (χ3n) is 10.0. The van der Waals surface area contributed by atoms with Crippen LogP contribution in [-0.4, -0.2) is 89.0 Å². The molecule has 1 saturated heterocycles. The Morgan fingerprint density at radius 3 is 1.62 bits per heavy atom. The van der Waals surface area contributed by atoms with Crippen LogP contribution in [-0.2, 0) is 28.5 Å². The normalized spacial score (nSPS) is 20.9. The van der Waals surface area contributed by atoms with E-state index in [1.54, 1.807) is 0 Å². The number of aliphatic hydroxyl groups excluding tert-OH is 4. The largest absolute Gasteiger partial charge is 0.462 e. The molecule has 1 unspecified atom stereocenters. The fourth-order valence-corrected chi connectivity index (χ4v) is 6.56. The van der Waals surface area contributed by atoms with Gasteiger partial charge >= 0.3 is 11.9 Å². The van der Waals surface area contributed by atoms with Crippen LogP contribution in [0.3, 0.4) is 0 Å². The second-order valence-corrected chi connectivity index (χ2v) is 15.1. The molecule has 1 aliphatic rings. The minimum Gasteiger partial charge on any atom is -0.462 e. The predicted molar refractivity (Wildman–Crippen MR) is 219 cm³/mol. The lowest BCUT2D eigenvalue weighted by molar-refractivity contribution is -0.305. The molecule has 1 heterocycles. The summed E-state index contributed by atoms with van der Waals surface area (Å²) in [5, 5.41) is 40.0. The van der Waals surface area contributed by atoms with Gasteiger partial charge in [0.1, 0.15) is 31.0 Å². The summed E-state index contributed by atoms with van der Waals surface area (Å²) in [5.74, 6) is -0.822. The van der Waals surface area contributed by atoms with Gasteiger partial charge in [0, 0.05) is 12.8 Å². The molecule has 1 fully saturated rings. The van der Waals surface area contributed by atoms with E-state index in [-0.39, 0.29) is 26.1 Å². The number of carbonyl (C=O) groups excluding carboxylic acids is 2. The molecule has 0 aromatic heterocycles. The highest BCUT2D eigenvalue weighted by molar-refractivity contribution is 5.70. The minimum absolute atomic E-state index is 0.224. The third-order valence-corrected chi connectivity index (χ3v) is 10.0. The van der Waals surface area contributed by atoms with Gasteiger partial charge in [-0.05, 0) is 44.9 Å².